The lowest BCUT2D eigenvalue weighted by atomic mass is 10.0. The number of methoxy groups -OCH3 is 1. The minimum Gasteiger partial charge on any atom is -0.497 e. The van der Waals surface area contributed by atoms with Crippen LogP contribution in [-0.4, -0.2) is 31.2 Å². The number of amides is 1. The fourth-order valence-electron chi connectivity index (χ4n) is 2.64. The van der Waals surface area contributed by atoms with Crippen LogP contribution in [0, 0.1) is 4.91 Å². The van der Waals surface area contributed by atoms with E-state index in [2.05, 4.69) is 15.8 Å². The quantitative estimate of drug-likeness (QED) is 0.448. The number of aliphatic hydroxyl groups is 1. The largest absolute Gasteiger partial charge is 0.497 e. The number of hydrogen-bond donors (Lipinski definition) is 3. The Morgan fingerprint density at radius 2 is 1.96 bits per heavy atom. The lowest BCUT2D eigenvalue weighted by molar-refractivity contribution is -0.105. The molecule has 0 aliphatic rings. The van der Waals surface area contributed by atoms with E-state index in [0.29, 0.717) is 18.5 Å². The zero-order valence-electron chi connectivity index (χ0n) is 14.8. The van der Waals surface area contributed by atoms with E-state index < -0.39 is 6.10 Å². The normalized spacial score (nSPS) is 12.9. The van der Waals surface area contributed by atoms with E-state index in [-0.39, 0.29) is 17.4 Å². The van der Waals surface area contributed by atoms with Gasteiger partial charge in [0.1, 0.15) is 11.4 Å². The Labute approximate surface area is 152 Å². The molecule has 0 radical (unpaired) electrons. The summed E-state index contributed by atoms with van der Waals surface area (Å²) in [6.45, 7) is 2.38. The number of aliphatic hydroxyl groups excluding tert-OH is 1. The third kappa shape index (κ3) is 5.37. The number of carbonyl (C=O) groups is 1. The number of rotatable bonds is 10. The van der Waals surface area contributed by atoms with Crippen LogP contribution in [0.2, 0.25) is 0 Å². The maximum Gasteiger partial charge on any atom is 0.211 e. The Morgan fingerprint density at radius 3 is 2.58 bits per heavy atom. The molecular weight excluding hydrogens is 334 g/mol. The second-order valence-electron chi connectivity index (χ2n) is 6.01. The van der Waals surface area contributed by atoms with Gasteiger partial charge in [0.2, 0.25) is 6.41 Å². The minimum atomic E-state index is -0.777. The molecule has 26 heavy (non-hydrogen) atoms. The highest BCUT2D eigenvalue weighted by molar-refractivity contribution is 5.79. The maximum atomic E-state index is 10.7. The molecule has 0 saturated heterocycles. The van der Waals surface area contributed by atoms with Gasteiger partial charge in [-0.2, -0.15) is 0 Å². The first-order chi connectivity index (χ1) is 12.6. The van der Waals surface area contributed by atoms with Gasteiger partial charge in [-0.05, 0) is 53.9 Å². The van der Waals surface area contributed by atoms with E-state index in [9.17, 15) is 14.8 Å². The van der Waals surface area contributed by atoms with Crippen molar-refractivity contribution < 1.29 is 14.6 Å². The van der Waals surface area contributed by atoms with Crippen molar-refractivity contribution >= 4 is 17.8 Å². The fourth-order valence-corrected chi connectivity index (χ4v) is 2.64. The molecule has 2 atom stereocenters. The molecule has 0 heterocycles. The number of benzene rings is 2. The predicted molar refractivity (Wildman–Crippen MR) is 101 cm³/mol. The van der Waals surface area contributed by atoms with Crippen LogP contribution >= 0.6 is 0 Å². The number of nitrogens with one attached hydrogen (secondary N) is 2. The highest BCUT2D eigenvalue weighted by Crippen LogP contribution is 2.28. The summed E-state index contributed by atoms with van der Waals surface area (Å²) >= 11 is 0. The molecule has 0 unspecified atom stereocenters. The van der Waals surface area contributed by atoms with Crippen LogP contribution in [-0.2, 0) is 11.2 Å². The molecular formula is C19H23N3O4. The third-order valence-corrected chi connectivity index (χ3v) is 4.08. The summed E-state index contributed by atoms with van der Waals surface area (Å²) in [5.74, 6) is 0.817. The van der Waals surface area contributed by atoms with Gasteiger partial charge in [-0.25, -0.2) is 0 Å². The summed E-state index contributed by atoms with van der Waals surface area (Å²) < 4.78 is 5.14. The molecule has 0 saturated carbocycles. The average Bonchev–Trinajstić information content (AvgIpc) is 2.67. The second-order valence-corrected chi connectivity index (χ2v) is 6.01. The Morgan fingerprint density at radius 1 is 1.23 bits per heavy atom. The van der Waals surface area contributed by atoms with Crippen molar-refractivity contribution in [3.63, 3.8) is 0 Å². The Hall–Kier alpha value is -2.77. The number of carbonyl (C=O) groups excluding carboxylic acids is 1. The molecule has 0 bridgehead atoms. The molecule has 0 spiro atoms. The van der Waals surface area contributed by atoms with Crippen molar-refractivity contribution in [2.45, 2.75) is 25.5 Å². The van der Waals surface area contributed by atoms with Crippen LogP contribution in [0.3, 0.4) is 0 Å². The summed E-state index contributed by atoms with van der Waals surface area (Å²) in [5.41, 5.74) is 2.15. The SMILES string of the molecule is COc1ccc(C[C@@H](C)NC[C@H](O)c2ccc(N=O)c(NC=O)c2)cc1. The van der Waals surface area contributed by atoms with Crippen molar-refractivity contribution in [2.24, 2.45) is 5.18 Å². The van der Waals surface area contributed by atoms with Crippen LogP contribution < -0.4 is 15.4 Å². The molecule has 7 heteroatoms. The van der Waals surface area contributed by atoms with Crippen molar-refractivity contribution in [1.82, 2.24) is 5.32 Å². The number of ether oxygens (including phenoxy) is 1. The molecule has 7 nitrogen and oxygen atoms in total. The first kappa shape index (κ1) is 19.6. The molecule has 2 aromatic carbocycles. The molecule has 0 aliphatic heterocycles. The van der Waals surface area contributed by atoms with Crippen LogP contribution in [0.4, 0.5) is 11.4 Å². The topological polar surface area (TPSA) is 100 Å². The first-order valence-electron chi connectivity index (χ1n) is 8.29. The summed E-state index contributed by atoms with van der Waals surface area (Å²) in [6, 6.07) is 12.6. The zero-order valence-corrected chi connectivity index (χ0v) is 14.8. The number of anilines is 1. The predicted octanol–water partition coefficient (Wildman–Crippen LogP) is 2.92. The summed E-state index contributed by atoms with van der Waals surface area (Å²) in [7, 11) is 1.63. The monoisotopic (exact) mass is 357 g/mol. The van der Waals surface area contributed by atoms with E-state index >= 15 is 0 Å². The van der Waals surface area contributed by atoms with Crippen molar-refractivity contribution in [1.29, 1.82) is 0 Å². The Bertz CT molecular complexity index is 734. The van der Waals surface area contributed by atoms with E-state index in [1.54, 1.807) is 19.2 Å². The standard InChI is InChI=1S/C19H23N3O4/c1-13(9-14-3-6-16(26-2)7-4-14)20-11-19(24)15-5-8-17(22-25)18(10-15)21-12-23/h3-8,10,12-13,19-20,24H,9,11H2,1-2H3,(H,21,23)/t13-,19+/m1/s1. The molecule has 0 aromatic heterocycles. The first-order valence-corrected chi connectivity index (χ1v) is 8.29. The van der Waals surface area contributed by atoms with Gasteiger partial charge < -0.3 is 20.5 Å². The van der Waals surface area contributed by atoms with Gasteiger partial charge in [-0.1, -0.05) is 18.2 Å². The number of nitroso groups, excluding NO2 is 1. The molecule has 2 aromatic rings. The maximum absolute atomic E-state index is 10.7. The summed E-state index contributed by atoms with van der Waals surface area (Å²) in [5, 5.41) is 18.9. The van der Waals surface area contributed by atoms with Gasteiger partial charge >= 0.3 is 0 Å². The van der Waals surface area contributed by atoms with E-state index in [4.69, 9.17) is 4.74 Å². The average molecular weight is 357 g/mol. The van der Waals surface area contributed by atoms with Crippen LogP contribution in [0.15, 0.2) is 47.6 Å². The van der Waals surface area contributed by atoms with Gasteiger partial charge in [-0.3, -0.25) is 4.79 Å². The highest BCUT2D eigenvalue weighted by atomic mass is 16.5. The second kappa shape index (κ2) is 9.65. The Balaban J connectivity index is 1.92. The summed E-state index contributed by atoms with van der Waals surface area (Å²) in [6.07, 6.45) is 0.499. The number of nitrogens with zero attached hydrogens (tertiary/aromatic N) is 1. The third-order valence-electron chi connectivity index (χ3n) is 4.08. The zero-order chi connectivity index (χ0) is 18.9. The van der Waals surface area contributed by atoms with Gasteiger partial charge in [0.05, 0.1) is 18.9 Å². The molecule has 0 fully saturated rings. The van der Waals surface area contributed by atoms with Gasteiger partial charge in [0, 0.05) is 12.6 Å². The molecule has 2 rings (SSSR count). The number of hydrogen-bond acceptors (Lipinski definition) is 6. The van der Waals surface area contributed by atoms with Gasteiger partial charge in [0.15, 0.2) is 0 Å². The van der Waals surface area contributed by atoms with Crippen LogP contribution in [0.1, 0.15) is 24.2 Å². The summed E-state index contributed by atoms with van der Waals surface area (Å²) in [4.78, 5) is 21.3. The fraction of sp³-hybridized carbons (Fsp3) is 0.316. The lowest BCUT2D eigenvalue weighted by Crippen LogP contribution is -2.32. The van der Waals surface area contributed by atoms with E-state index in [1.807, 2.05) is 31.2 Å². The highest BCUT2D eigenvalue weighted by Gasteiger charge is 2.13. The van der Waals surface area contributed by atoms with Crippen LogP contribution in [0.5, 0.6) is 5.75 Å². The molecule has 3 N–H and O–H groups in total. The van der Waals surface area contributed by atoms with Gasteiger partial charge in [0.25, 0.3) is 0 Å². The van der Waals surface area contributed by atoms with Crippen molar-refractivity contribution in [2.75, 3.05) is 19.0 Å². The molecule has 1 amide bonds. The minimum absolute atomic E-state index is 0.119. The molecule has 138 valence electrons. The van der Waals surface area contributed by atoms with Crippen molar-refractivity contribution in [3.05, 3.63) is 58.5 Å². The smallest absolute Gasteiger partial charge is 0.211 e. The Kier molecular flexibility index (Phi) is 7.25. The van der Waals surface area contributed by atoms with Gasteiger partial charge in [-0.15, -0.1) is 4.91 Å². The van der Waals surface area contributed by atoms with E-state index in [0.717, 1.165) is 12.2 Å². The van der Waals surface area contributed by atoms with Crippen molar-refractivity contribution in [3.8, 4) is 5.75 Å². The van der Waals surface area contributed by atoms with Crippen LogP contribution in [0.25, 0.3) is 0 Å². The molecule has 0 aliphatic carbocycles. The lowest BCUT2D eigenvalue weighted by Gasteiger charge is -2.18. The van der Waals surface area contributed by atoms with E-state index in [1.165, 1.54) is 11.6 Å².